The minimum Gasteiger partial charge on any atom is -0.144 e. The van der Waals surface area contributed by atoms with Crippen LogP contribution in [0, 0.1) is 0 Å². The molecule has 0 aliphatic carbocycles. The fourth-order valence-corrected chi connectivity index (χ4v) is 3.13. The lowest BCUT2D eigenvalue weighted by Gasteiger charge is -1.98. The second-order valence-electron chi connectivity index (χ2n) is 5.06. The maximum Gasteiger partial charge on any atom is 0.117 e. The van der Waals surface area contributed by atoms with Crippen LogP contribution in [-0.4, -0.2) is 10.2 Å². The smallest absolute Gasteiger partial charge is 0.117 e. The maximum atomic E-state index is 4.31. The Morgan fingerprint density at radius 3 is 1.43 bits per heavy atom. The van der Waals surface area contributed by atoms with Gasteiger partial charge in [0, 0.05) is 12.8 Å². The molecule has 0 saturated carbocycles. The van der Waals surface area contributed by atoms with Crippen LogP contribution in [0.15, 0.2) is 60.7 Å². The topological polar surface area (TPSA) is 25.8 Å². The van der Waals surface area contributed by atoms with E-state index in [9.17, 15) is 0 Å². The number of hydrogen-bond donors (Lipinski definition) is 0. The van der Waals surface area contributed by atoms with Crippen molar-refractivity contribution in [2.45, 2.75) is 25.7 Å². The third kappa shape index (κ3) is 4.23. The lowest BCUT2D eigenvalue weighted by molar-refractivity contribution is 0.867. The van der Waals surface area contributed by atoms with Crippen LogP contribution in [0.2, 0.25) is 0 Å². The van der Waals surface area contributed by atoms with Gasteiger partial charge in [0.2, 0.25) is 0 Å². The van der Waals surface area contributed by atoms with Gasteiger partial charge in [0.05, 0.1) is 0 Å². The van der Waals surface area contributed by atoms with E-state index in [-0.39, 0.29) is 0 Å². The van der Waals surface area contributed by atoms with E-state index in [1.165, 1.54) is 11.1 Å². The highest BCUT2D eigenvalue weighted by Gasteiger charge is 2.05. The van der Waals surface area contributed by atoms with Crippen molar-refractivity contribution in [1.29, 1.82) is 0 Å². The van der Waals surface area contributed by atoms with Crippen LogP contribution in [0.25, 0.3) is 0 Å². The normalized spacial score (nSPS) is 10.7. The van der Waals surface area contributed by atoms with E-state index >= 15 is 0 Å². The van der Waals surface area contributed by atoms with E-state index < -0.39 is 0 Å². The Labute approximate surface area is 129 Å². The van der Waals surface area contributed by atoms with Gasteiger partial charge in [0.25, 0.3) is 0 Å². The summed E-state index contributed by atoms with van der Waals surface area (Å²) in [4.78, 5) is 0. The van der Waals surface area contributed by atoms with Crippen LogP contribution in [0.5, 0.6) is 0 Å². The van der Waals surface area contributed by atoms with Gasteiger partial charge in [-0.15, -0.1) is 21.5 Å². The third-order valence-electron chi connectivity index (χ3n) is 3.45. The highest BCUT2D eigenvalue weighted by atomic mass is 32.1. The molecule has 0 atom stereocenters. The summed E-state index contributed by atoms with van der Waals surface area (Å²) in [6.45, 7) is 0. The average molecular weight is 294 g/mol. The molecule has 0 fully saturated rings. The van der Waals surface area contributed by atoms with Crippen LogP contribution in [-0.2, 0) is 25.7 Å². The summed E-state index contributed by atoms with van der Waals surface area (Å²) in [5.74, 6) is 0. The molecular weight excluding hydrogens is 276 g/mol. The highest BCUT2D eigenvalue weighted by Crippen LogP contribution is 2.15. The molecule has 106 valence electrons. The van der Waals surface area contributed by atoms with Gasteiger partial charge in [0.15, 0.2) is 0 Å². The summed E-state index contributed by atoms with van der Waals surface area (Å²) in [6.07, 6.45) is 4.03. The fourth-order valence-electron chi connectivity index (χ4n) is 2.28. The van der Waals surface area contributed by atoms with Gasteiger partial charge in [-0.3, -0.25) is 0 Å². The van der Waals surface area contributed by atoms with Gasteiger partial charge in [-0.05, 0) is 24.0 Å². The van der Waals surface area contributed by atoms with E-state index in [1.54, 1.807) is 11.3 Å². The SMILES string of the molecule is c1ccc(CCc2nnc(CCc3ccccc3)s2)cc1. The zero-order valence-corrected chi connectivity index (χ0v) is 12.7. The molecule has 3 aromatic rings. The van der Waals surface area contributed by atoms with Crippen molar-refractivity contribution in [2.75, 3.05) is 0 Å². The highest BCUT2D eigenvalue weighted by molar-refractivity contribution is 7.11. The van der Waals surface area contributed by atoms with Crippen molar-refractivity contribution in [3.05, 3.63) is 81.8 Å². The molecule has 0 radical (unpaired) electrons. The van der Waals surface area contributed by atoms with Gasteiger partial charge < -0.3 is 0 Å². The largest absolute Gasteiger partial charge is 0.144 e. The van der Waals surface area contributed by atoms with Crippen LogP contribution >= 0.6 is 11.3 Å². The first kappa shape index (κ1) is 14.0. The Balaban J connectivity index is 1.52. The Morgan fingerprint density at radius 1 is 0.571 bits per heavy atom. The molecule has 0 spiro atoms. The molecule has 0 saturated heterocycles. The Morgan fingerprint density at radius 2 is 1.00 bits per heavy atom. The van der Waals surface area contributed by atoms with Crippen LogP contribution in [0.4, 0.5) is 0 Å². The quantitative estimate of drug-likeness (QED) is 0.684. The fraction of sp³-hybridized carbons (Fsp3) is 0.222. The molecule has 2 nitrogen and oxygen atoms in total. The number of benzene rings is 2. The van der Waals surface area contributed by atoms with E-state index in [1.807, 2.05) is 0 Å². The molecule has 2 aromatic carbocycles. The molecule has 3 rings (SSSR count). The van der Waals surface area contributed by atoms with Crippen molar-refractivity contribution in [2.24, 2.45) is 0 Å². The lowest BCUT2D eigenvalue weighted by Crippen LogP contribution is -1.90. The van der Waals surface area contributed by atoms with Crippen molar-refractivity contribution >= 4 is 11.3 Å². The van der Waals surface area contributed by atoms with Crippen LogP contribution < -0.4 is 0 Å². The number of nitrogens with zero attached hydrogens (tertiary/aromatic N) is 2. The van der Waals surface area contributed by atoms with Crippen molar-refractivity contribution in [1.82, 2.24) is 10.2 Å². The first-order valence-electron chi connectivity index (χ1n) is 7.29. The summed E-state index contributed by atoms with van der Waals surface area (Å²) in [7, 11) is 0. The monoisotopic (exact) mass is 294 g/mol. The van der Waals surface area contributed by atoms with E-state index in [0.717, 1.165) is 35.7 Å². The number of aryl methyl sites for hydroxylation is 4. The van der Waals surface area contributed by atoms with Crippen LogP contribution in [0.1, 0.15) is 21.1 Å². The zero-order valence-electron chi connectivity index (χ0n) is 11.9. The van der Waals surface area contributed by atoms with Crippen molar-refractivity contribution < 1.29 is 0 Å². The number of aromatic nitrogens is 2. The Bertz CT molecular complexity index is 604. The predicted octanol–water partition coefficient (Wildman–Crippen LogP) is 4.11. The minimum atomic E-state index is 0.979. The zero-order chi connectivity index (χ0) is 14.3. The van der Waals surface area contributed by atoms with Crippen LogP contribution in [0.3, 0.4) is 0 Å². The number of rotatable bonds is 6. The van der Waals surface area contributed by atoms with E-state index in [2.05, 4.69) is 70.9 Å². The molecule has 0 aliphatic heterocycles. The van der Waals surface area contributed by atoms with Gasteiger partial charge >= 0.3 is 0 Å². The summed E-state index contributed by atoms with van der Waals surface area (Å²) in [5.41, 5.74) is 2.72. The standard InChI is InChI=1S/C18H18N2S/c1-3-7-15(8-4-1)11-13-17-19-20-18(21-17)14-12-16-9-5-2-6-10-16/h1-10H,11-14H2. The molecule has 3 heteroatoms. The Kier molecular flexibility index (Phi) is 4.74. The second kappa shape index (κ2) is 7.14. The summed E-state index contributed by atoms with van der Waals surface area (Å²) >= 11 is 1.75. The molecule has 1 aromatic heterocycles. The van der Waals surface area contributed by atoms with Gasteiger partial charge in [-0.25, -0.2) is 0 Å². The predicted molar refractivity (Wildman–Crippen MR) is 87.6 cm³/mol. The molecular formula is C18H18N2S. The minimum absolute atomic E-state index is 0.979. The van der Waals surface area contributed by atoms with Gasteiger partial charge in [0.1, 0.15) is 10.0 Å². The first-order valence-corrected chi connectivity index (χ1v) is 8.11. The molecule has 0 unspecified atom stereocenters. The summed E-state index contributed by atoms with van der Waals surface area (Å²) in [5, 5.41) is 10.9. The number of hydrogen-bond acceptors (Lipinski definition) is 3. The molecule has 0 amide bonds. The molecule has 1 heterocycles. The van der Waals surface area contributed by atoms with E-state index in [4.69, 9.17) is 0 Å². The Hall–Kier alpha value is -2.00. The molecule has 0 bridgehead atoms. The second-order valence-corrected chi connectivity index (χ2v) is 6.21. The molecule has 21 heavy (non-hydrogen) atoms. The molecule has 0 N–H and O–H groups in total. The summed E-state index contributed by atoms with van der Waals surface area (Å²) < 4.78 is 0. The molecule has 0 aliphatic rings. The van der Waals surface area contributed by atoms with Gasteiger partial charge in [-0.2, -0.15) is 0 Å². The van der Waals surface area contributed by atoms with Crippen molar-refractivity contribution in [3.63, 3.8) is 0 Å². The average Bonchev–Trinajstić information content (AvgIpc) is 3.01. The first-order chi connectivity index (χ1) is 10.4. The van der Waals surface area contributed by atoms with E-state index in [0.29, 0.717) is 0 Å². The lowest BCUT2D eigenvalue weighted by atomic mass is 10.1. The van der Waals surface area contributed by atoms with Crippen molar-refractivity contribution in [3.8, 4) is 0 Å². The van der Waals surface area contributed by atoms with Gasteiger partial charge in [-0.1, -0.05) is 60.7 Å². The maximum absolute atomic E-state index is 4.31. The third-order valence-corrected chi connectivity index (χ3v) is 4.49. The summed E-state index contributed by atoms with van der Waals surface area (Å²) in [6, 6.07) is 21.1.